The van der Waals surface area contributed by atoms with E-state index in [9.17, 15) is 13.2 Å². The highest BCUT2D eigenvalue weighted by Crippen LogP contribution is 2.47. The summed E-state index contributed by atoms with van der Waals surface area (Å²) in [5, 5.41) is 0. The van der Waals surface area contributed by atoms with Gasteiger partial charge in [0.25, 0.3) is 0 Å². The summed E-state index contributed by atoms with van der Waals surface area (Å²) in [4.78, 5) is 0. The number of rotatable bonds is 2. The third-order valence-corrected chi connectivity index (χ3v) is 6.70. The monoisotopic (exact) mass is 412 g/mol. The van der Waals surface area contributed by atoms with Crippen molar-refractivity contribution in [3.8, 4) is 17.6 Å². The van der Waals surface area contributed by atoms with Crippen LogP contribution in [0.25, 0.3) is 0 Å². The van der Waals surface area contributed by atoms with E-state index >= 15 is 0 Å². The molecule has 0 radical (unpaired) electrons. The van der Waals surface area contributed by atoms with Crippen molar-refractivity contribution in [3.63, 3.8) is 0 Å². The zero-order chi connectivity index (χ0) is 21.1. The number of fused-ring (bicyclic) bond motifs is 1. The minimum absolute atomic E-state index is 0.237. The molecular formula is C26H27F3O. The summed E-state index contributed by atoms with van der Waals surface area (Å²) in [6.07, 6.45) is 3.46. The van der Waals surface area contributed by atoms with Crippen LogP contribution in [0.1, 0.15) is 68.1 Å². The van der Waals surface area contributed by atoms with E-state index in [2.05, 4.69) is 47.8 Å². The molecule has 0 aromatic heterocycles. The second-order valence-corrected chi connectivity index (χ2v) is 8.89. The first-order valence-electron chi connectivity index (χ1n) is 10.8. The molecule has 1 unspecified atom stereocenters. The van der Waals surface area contributed by atoms with Crippen molar-refractivity contribution in [1.82, 2.24) is 0 Å². The van der Waals surface area contributed by atoms with Gasteiger partial charge in [0.1, 0.15) is 5.75 Å². The molecule has 2 fully saturated rings. The second kappa shape index (κ2) is 8.76. The Kier molecular flexibility index (Phi) is 6.09. The second-order valence-electron chi connectivity index (χ2n) is 8.89. The number of alkyl halides is 3. The molecule has 2 aliphatic rings. The SMILES string of the molecule is CC1CC[C@@H]2C[C@H](c3ccc(C#Cc4ccc(OC(F)(F)F)cc4)cc3)CC[C@@H]2C1. The maximum Gasteiger partial charge on any atom is 0.573 e. The molecule has 2 saturated carbocycles. The first-order valence-corrected chi connectivity index (χ1v) is 10.8. The van der Waals surface area contributed by atoms with Gasteiger partial charge in [-0.25, -0.2) is 0 Å². The average Bonchev–Trinajstić information content (AvgIpc) is 2.72. The fourth-order valence-electron chi connectivity index (χ4n) is 5.15. The molecule has 0 bridgehead atoms. The first kappa shape index (κ1) is 20.8. The largest absolute Gasteiger partial charge is 0.573 e. The van der Waals surface area contributed by atoms with Crippen molar-refractivity contribution in [3.05, 3.63) is 65.2 Å². The summed E-state index contributed by atoms with van der Waals surface area (Å²) >= 11 is 0. The first-order chi connectivity index (χ1) is 14.4. The molecule has 30 heavy (non-hydrogen) atoms. The van der Waals surface area contributed by atoms with E-state index in [1.807, 2.05) is 0 Å². The third-order valence-electron chi connectivity index (χ3n) is 6.70. The van der Waals surface area contributed by atoms with Crippen molar-refractivity contribution >= 4 is 0 Å². The number of benzene rings is 2. The highest BCUT2D eigenvalue weighted by Gasteiger charge is 2.34. The molecule has 2 aromatic carbocycles. The molecule has 4 atom stereocenters. The molecular weight excluding hydrogens is 385 g/mol. The summed E-state index contributed by atoms with van der Waals surface area (Å²) in [6, 6.07) is 14.1. The van der Waals surface area contributed by atoms with Crippen LogP contribution in [0.2, 0.25) is 0 Å². The van der Waals surface area contributed by atoms with Crippen molar-refractivity contribution in [2.24, 2.45) is 17.8 Å². The Hall–Kier alpha value is -2.41. The van der Waals surface area contributed by atoms with E-state index in [1.165, 1.54) is 68.4 Å². The Morgan fingerprint density at radius 2 is 1.33 bits per heavy atom. The molecule has 2 aromatic rings. The van der Waals surface area contributed by atoms with Crippen LogP contribution < -0.4 is 4.74 Å². The zero-order valence-electron chi connectivity index (χ0n) is 17.2. The topological polar surface area (TPSA) is 9.23 Å². The predicted molar refractivity (Wildman–Crippen MR) is 112 cm³/mol. The predicted octanol–water partition coefficient (Wildman–Crippen LogP) is 7.30. The van der Waals surface area contributed by atoms with Gasteiger partial charge in [-0.2, -0.15) is 0 Å². The van der Waals surface area contributed by atoms with Crippen LogP contribution in [0.5, 0.6) is 5.75 Å². The summed E-state index contributed by atoms with van der Waals surface area (Å²) in [5.41, 5.74) is 2.97. The van der Waals surface area contributed by atoms with Gasteiger partial charge in [0.15, 0.2) is 0 Å². The Morgan fingerprint density at radius 1 is 0.767 bits per heavy atom. The van der Waals surface area contributed by atoms with Gasteiger partial charge in [-0.1, -0.05) is 37.3 Å². The van der Waals surface area contributed by atoms with E-state index in [-0.39, 0.29) is 5.75 Å². The molecule has 0 spiro atoms. The Labute approximate surface area is 176 Å². The smallest absolute Gasteiger partial charge is 0.406 e. The molecule has 0 N–H and O–H groups in total. The van der Waals surface area contributed by atoms with Gasteiger partial charge < -0.3 is 4.74 Å². The Bertz CT molecular complexity index is 903. The Morgan fingerprint density at radius 3 is 1.97 bits per heavy atom. The molecule has 0 amide bonds. The summed E-state index contributed by atoms with van der Waals surface area (Å²) in [5.74, 6) is 9.24. The lowest BCUT2D eigenvalue weighted by Gasteiger charge is -2.41. The molecule has 4 heteroatoms. The van der Waals surface area contributed by atoms with Crippen molar-refractivity contribution in [2.45, 2.75) is 57.7 Å². The molecule has 0 heterocycles. The van der Waals surface area contributed by atoms with Gasteiger partial charge >= 0.3 is 6.36 Å². The highest BCUT2D eigenvalue weighted by atomic mass is 19.4. The lowest BCUT2D eigenvalue weighted by Crippen LogP contribution is -2.29. The number of ether oxygens (including phenoxy) is 1. The van der Waals surface area contributed by atoms with E-state index in [1.54, 1.807) is 0 Å². The molecule has 4 rings (SSSR count). The molecule has 0 aliphatic heterocycles. The highest BCUT2D eigenvalue weighted by molar-refractivity contribution is 5.45. The normalized spacial score (nSPS) is 26.3. The van der Waals surface area contributed by atoms with E-state index < -0.39 is 6.36 Å². The maximum atomic E-state index is 12.2. The quantitative estimate of drug-likeness (QED) is 0.470. The van der Waals surface area contributed by atoms with Crippen LogP contribution in [-0.4, -0.2) is 6.36 Å². The molecule has 1 nitrogen and oxygen atoms in total. The summed E-state index contributed by atoms with van der Waals surface area (Å²) in [6.45, 7) is 2.40. The average molecular weight is 412 g/mol. The van der Waals surface area contributed by atoms with E-state index in [4.69, 9.17) is 0 Å². The number of hydrogen-bond donors (Lipinski definition) is 0. The maximum absolute atomic E-state index is 12.2. The van der Waals surface area contributed by atoms with Crippen molar-refractivity contribution in [2.75, 3.05) is 0 Å². The fourth-order valence-corrected chi connectivity index (χ4v) is 5.15. The van der Waals surface area contributed by atoms with Crippen LogP contribution in [0, 0.1) is 29.6 Å². The lowest BCUT2D eigenvalue weighted by molar-refractivity contribution is -0.274. The zero-order valence-corrected chi connectivity index (χ0v) is 17.2. The minimum Gasteiger partial charge on any atom is -0.406 e. The van der Waals surface area contributed by atoms with Crippen molar-refractivity contribution < 1.29 is 17.9 Å². The van der Waals surface area contributed by atoms with Gasteiger partial charge in [0.2, 0.25) is 0 Å². The van der Waals surface area contributed by atoms with Crippen LogP contribution in [-0.2, 0) is 0 Å². The van der Waals surface area contributed by atoms with Crippen molar-refractivity contribution in [1.29, 1.82) is 0 Å². The van der Waals surface area contributed by atoms with Crippen LogP contribution in [0.4, 0.5) is 13.2 Å². The summed E-state index contributed by atoms with van der Waals surface area (Å²) < 4.78 is 40.6. The molecule has 2 aliphatic carbocycles. The Balaban J connectivity index is 1.37. The summed E-state index contributed by atoms with van der Waals surface area (Å²) in [7, 11) is 0. The van der Waals surface area contributed by atoms with E-state index in [0.717, 1.165) is 23.3 Å². The fraction of sp³-hybridized carbons (Fsp3) is 0.462. The molecule has 158 valence electrons. The van der Waals surface area contributed by atoms with Gasteiger partial charge in [-0.15, -0.1) is 13.2 Å². The van der Waals surface area contributed by atoms with Gasteiger partial charge in [-0.3, -0.25) is 0 Å². The lowest BCUT2D eigenvalue weighted by atomic mass is 9.64. The standard InChI is InChI=1S/C26H27F3O/c1-18-2-9-24-17-23(13-12-22(24)16-18)21-10-5-19(6-11-21)3-4-20-7-14-25(15-8-20)30-26(27,28)29/h5-8,10-11,14-15,18,22-24H,2,9,12-13,16-17H2,1H3/t18?,22-,23-,24-/m1/s1. The van der Waals surface area contributed by atoms with Crippen LogP contribution >= 0.6 is 0 Å². The number of halogens is 3. The number of hydrogen-bond acceptors (Lipinski definition) is 1. The van der Waals surface area contributed by atoms with Crippen LogP contribution in [0.15, 0.2) is 48.5 Å². The minimum atomic E-state index is -4.68. The van der Waals surface area contributed by atoms with Gasteiger partial charge in [0.05, 0.1) is 0 Å². The van der Waals surface area contributed by atoms with Gasteiger partial charge in [0, 0.05) is 11.1 Å². The third kappa shape index (κ3) is 5.39. The van der Waals surface area contributed by atoms with E-state index in [0.29, 0.717) is 11.5 Å². The van der Waals surface area contributed by atoms with Crippen LogP contribution in [0.3, 0.4) is 0 Å². The van der Waals surface area contributed by atoms with Gasteiger partial charge in [-0.05, 0) is 97.7 Å². The molecule has 0 saturated heterocycles.